The SMILES string of the molecule is CCN1OCC2Cc3ccc(C)cc3C2O1. The molecule has 1 saturated heterocycles. The molecule has 1 aromatic carbocycles. The van der Waals surface area contributed by atoms with Gasteiger partial charge in [0, 0.05) is 12.5 Å². The zero-order valence-corrected chi connectivity index (χ0v) is 9.77. The molecule has 3 nitrogen and oxygen atoms in total. The van der Waals surface area contributed by atoms with E-state index >= 15 is 0 Å². The Labute approximate surface area is 95.9 Å². The second-order valence-electron chi connectivity index (χ2n) is 4.64. The molecule has 1 aromatic rings. The van der Waals surface area contributed by atoms with Crippen LogP contribution in [0.25, 0.3) is 0 Å². The number of hydrogen-bond acceptors (Lipinski definition) is 3. The third-order valence-corrected chi connectivity index (χ3v) is 3.44. The molecule has 0 radical (unpaired) electrons. The monoisotopic (exact) mass is 219 g/mol. The molecule has 3 rings (SSSR count). The van der Waals surface area contributed by atoms with Crippen molar-refractivity contribution in [2.75, 3.05) is 13.2 Å². The van der Waals surface area contributed by atoms with Crippen LogP contribution in [0.1, 0.15) is 29.7 Å². The maximum atomic E-state index is 5.85. The van der Waals surface area contributed by atoms with Gasteiger partial charge in [-0.3, -0.25) is 9.68 Å². The van der Waals surface area contributed by atoms with Crippen molar-refractivity contribution in [1.29, 1.82) is 0 Å². The highest BCUT2D eigenvalue weighted by atomic mass is 17.0. The Morgan fingerprint density at radius 3 is 3.12 bits per heavy atom. The second kappa shape index (κ2) is 3.84. The van der Waals surface area contributed by atoms with Gasteiger partial charge in [0.05, 0.1) is 6.61 Å². The van der Waals surface area contributed by atoms with Crippen molar-refractivity contribution in [2.45, 2.75) is 26.4 Å². The molecule has 0 N–H and O–H groups in total. The summed E-state index contributed by atoms with van der Waals surface area (Å²) in [6.45, 7) is 5.70. The van der Waals surface area contributed by atoms with Crippen molar-refractivity contribution in [3.05, 3.63) is 34.9 Å². The van der Waals surface area contributed by atoms with Crippen molar-refractivity contribution >= 4 is 0 Å². The number of hydrogen-bond donors (Lipinski definition) is 0. The van der Waals surface area contributed by atoms with E-state index in [1.807, 2.05) is 6.92 Å². The van der Waals surface area contributed by atoms with Crippen LogP contribution in [0.2, 0.25) is 0 Å². The predicted octanol–water partition coefficient (Wildman–Crippen LogP) is 2.41. The first-order valence-corrected chi connectivity index (χ1v) is 5.94. The number of aryl methyl sites for hydroxylation is 1. The molecule has 2 atom stereocenters. The topological polar surface area (TPSA) is 21.7 Å². The van der Waals surface area contributed by atoms with Crippen LogP contribution >= 0.6 is 0 Å². The van der Waals surface area contributed by atoms with E-state index in [2.05, 4.69) is 25.1 Å². The molecule has 86 valence electrons. The lowest BCUT2D eigenvalue weighted by molar-refractivity contribution is -0.425. The van der Waals surface area contributed by atoms with Crippen LogP contribution < -0.4 is 0 Å². The van der Waals surface area contributed by atoms with E-state index in [4.69, 9.17) is 9.68 Å². The quantitative estimate of drug-likeness (QED) is 0.724. The molecule has 0 saturated carbocycles. The molecule has 2 aliphatic rings. The zero-order chi connectivity index (χ0) is 11.1. The van der Waals surface area contributed by atoms with E-state index < -0.39 is 0 Å². The number of hydroxylamine groups is 2. The van der Waals surface area contributed by atoms with Crippen molar-refractivity contribution in [3.63, 3.8) is 0 Å². The summed E-state index contributed by atoms with van der Waals surface area (Å²) >= 11 is 0. The zero-order valence-electron chi connectivity index (χ0n) is 9.77. The molecule has 3 heteroatoms. The summed E-state index contributed by atoms with van der Waals surface area (Å²) in [5.74, 6) is 0.486. The average molecular weight is 219 g/mol. The first-order chi connectivity index (χ1) is 7.78. The molecule has 16 heavy (non-hydrogen) atoms. The summed E-state index contributed by atoms with van der Waals surface area (Å²) in [5.41, 5.74) is 4.08. The van der Waals surface area contributed by atoms with Crippen LogP contribution in [-0.4, -0.2) is 18.4 Å². The van der Waals surface area contributed by atoms with Crippen molar-refractivity contribution in [1.82, 2.24) is 5.23 Å². The van der Waals surface area contributed by atoms with Gasteiger partial charge in [-0.2, -0.15) is 0 Å². The molecular weight excluding hydrogens is 202 g/mol. The van der Waals surface area contributed by atoms with Crippen LogP contribution in [0.4, 0.5) is 0 Å². The molecule has 2 unspecified atom stereocenters. The van der Waals surface area contributed by atoms with Crippen LogP contribution in [0.15, 0.2) is 18.2 Å². The smallest absolute Gasteiger partial charge is 0.113 e. The number of fused-ring (bicyclic) bond motifs is 3. The maximum absolute atomic E-state index is 5.85. The van der Waals surface area contributed by atoms with E-state index in [9.17, 15) is 0 Å². The van der Waals surface area contributed by atoms with Crippen LogP contribution in [0.5, 0.6) is 0 Å². The molecule has 1 aliphatic carbocycles. The highest BCUT2D eigenvalue weighted by Gasteiger charge is 2.38. The number of benzene rings is 1. The van der Waals surface area contributed by atoms with Gasteiger partial charge in [0.15, 0.2) is 0 Å². The molecule has 1 heterocycles. The Morgan fingerprint density at radius 2 is 2.31 bits per heavy atom. The lowest BCUT2D eigenvalue weighted by Crippen LogP contribution is -2.36. The predicted molar refractivity (Wildman–Crippen MR) is 60.5 cm³/mol. The maximum Gasteiger partial charge on any atom is 0.113 e. The molecule has 0 aromatic heterocycles. The number of rotatable bonds is 1. The Kier molecular flexibility index (Phi) is 2.46. The summed E-state index contributed by atoms with van der Waals surface area (Å²) in [6.07, 6.45) is 1.28. The summed E-state index contributed by atoms with van der Waals surface area (Å²) in [6, 6.07) is 6.65. The molecule has 1 fully saturated rings. The minimum Gasteiger partial charge on any atom is -0.274 e. The minimum absolute atomic E-state index is 0.198. The Hall–Kier alpha value is -0.900. The highest BCUT2D eigenvalue weighted by molar-refractivity contribution is 5.38. The Morgan fingerprint density at radius 1 is 1.44 bits per heavy atom. The van der Waals surface area contributed by atoms with Gasteiger partial charge in [-0.1, -0.05) is 29.0 Å². The first kappa shape index (κ1) is 10.3. The van der Waals surface area contributed by atoms with E-state index in [1.54, 1.807) is 5.23 Å². The fraction of sp³-hybridized carbons (Fsp3) is 0.538. The Bertz CT molecular complexity index is 405. The molecule has 0 bridgehead atoms. The fourth-order valence-corrected chi connectivity index (χ4v) is 2.60. The van der Waals surface area contributed by atoms with E-state index in [1.165, 1.54) is 16.7 Å². The summed E-state index contributed by atoms with van der Waals surface area (Å²) in [7, 11) is 0. The van der Waals surface area contributed by atoms with Gasteiger partial charge in [-0.05, 0) is 31.4 Å². The summed E-state index contributed by atoms with van der Waals surface area (Å²) in [5, 5.41) is 1.61. The third kappa shape index (κ3) is 1.56. The summed E-state index contributed by atoms with van der Waals surface area (Å²) in [4.78, 5) is 11.4. The Balaban J connectivity index is 1.92. The molecule has 1 aliphatic heterocycles. The average Bonchev–Trinajstić information content (AvgIpc) is 2.66. The second-order valence-corrected chi connectivity index (χ2v) is 4.64. The van der Waals surface area contributed by atoms with E-state index in [-0.39, 0.29) is 6.10 Å². The number of nitrogens with zero attached hydrogens (tertiary/aromatic N) is 1. The van der Waals surface area contributed by atoms with E-state index in [0.29, 0.717) is 5.92 Å². The van der Waals surface area contributed by atoms with Gasteiger partial charge in [0.25, 0.3) is 0 Å². The van der Waals surface area contributed by atoms with Gasteiger partial charge < -0.3 is 0 Å². The van der Waals surface area contributed by atoms with Gasteiger partial charge in [-0.25, -0.2) is 0 Å². The van der Waals surface area contributed by atoms with Crippen LogP contribution in [0, 0.1) is 12.8 Å². The van der Waals surface area contributed by atoms with Gasteiger partial charge in [0.1, 0.15) is 6.10 Å². The van der Waals surface area contributed by atoms with Crippen molar-refractivity contribution < 1.29 is 9.68 Å². The third-order valence-electron chi connectivity index (χ3n) is 3.44. The minimum atomic E-state index is 0.198. The molecule has 0 amide bonds. The van der Waals surface area contributed by atoms with Gasteiger partial charge in [-0.15, -0.1) is 0 Å². The highest BCUT2D eigenvalue weighted by Crippen LogP contribution is 2.42. The van der Waals surface area contributed by atoms with Crippen LogP contribution in [-0.2, 0) is 16.1 Å². The van der Waals surface area contributed by atoms with Crippen molar-refractivity contribution in [3.8, 4) is 0 Å². The van der Waals surface area contributed by atoms with Crippen molar-refractivity contribution in [2.24, 2.45) is 5.92 Å². The molecule has 0 spiro atoms. The first-order valence-electron chi connectivity index (χ1n) is 5.94. The molecular formula is C13H17NO2. The van der Waals surface area contributed by atoms with E-state index in [0.717, 1.165) is 19.6 Å². The largest absolute Gasteiger partial charge is 0.274 e. The normalized spacial score (nSPS) is 28.9. The lowest BCUT2D eigenvalue weighted by atomic mass is 10.0. The van der Waals surface area contributed by atoms with Crippen LogP contribution in [0.3, 0.4) is 0 Å². The van der Waals surface area contributed by atoms with Gasteiger partial charge >= 0.3 is 0 Å². The standard InChI is InChI=1S/C13H17NO2/c1-3-14-15-8-11-7-10-5-4-9(2)6-12(10)13(11)16-14/h4-6,11,13H,3,7-8H2,1-2H3. The van der Waals surface area contributed by atoms with Gasteiger partial charge in [0.2, 0.25) is 0 Å². The fourth-order valence-electron chi connectivity index (χ4n) is 2.60. The lowest BCUT2D eigenvalue weighted by Gasteiger charge is -2.33. The summed E-state index contributed by atoms with van der Waals surface area (Å²) < 4.78 is 0.